The van der Waals surface area contributed by atoms with Crippen LogP contribution in [0.4, 0.5) is 5.13 Å². The standard InChI is InChI=1S/C9H15N7S/c1-15(4-7-3-11-16(2)5-7)6-8-13-14-9(12-10)17-8/h3,5H,4,6,10H2,1-2H3,(H,12,14). The van der Waals surface area contributed by atoms with Gasteiger partial charge in [-0.05, 0) is 7.05 Å². The summed E-state index contributed by atoms with van der Waals surface area (Å²) in [5, 5.41) is 13.6. The van der Waals surface area contributed by atoms with Crippen molar-refractivity contribution < 1.29 is 0 Å². The van der Waals surface area contributed by atoms with E-state index in [1.54, 1.807) is 4.68 Å². The van der Waals surface area contributed by atoms with Crippen LogP contribution in [0.3, 0.4) is 0 Å². The van der Waals surface area contributed by atoms with Gasteiger partial charge >= 0.3 is 0 Å². The molecular formula is C9H15N7S. The van der Waals surface area contributed by atoms with Gasteiger partial charge in [0.2, 0.25) is 5.13 Å². The normalized spacial score (nSPS) is 11.1. The summed E-state index contributed by atoms with van der Waals surface area (Å²) < 4.78 is 1.80. The lowest BCUT2D eigenvalue weighted by Gasteiger charge is -2.12. The first-order valence-electron chi connectivity index (χ1n) is 5.12. The quantitative estimate of drug-likeness (QED) is 0.584. The molecule has 0 fully saturated rings. The second kappa shape index (κ2) is 5.21. The second-order valence-electron chi connectivity index (χ2n) is 3.84. The highest BCUT2D eigenvalue weighted by Crippen LogP contribution is 2.15. The van der Waals surface area contributed by atoms with Crippen molar-refractivity contribution in [2.24, 2.45) is 12.9 Å². The molecule has 0 saturated carbocycles. The Bertz CT molecular complexity index is 477. The summed E-state index contributed by atoms with van der Waals surface area (Å²) in [7, 11) is 3.94. The third-order valence-electron chi connectivity index (χ3n) is 2.21. The topological polar surface area (TPSA) is 84.9 Å². The lowest BCUT2D eigenvalue weighted by Crippen LogP contribution is -2.16. The summed E-state index contributed by atoms with van der Waals surface area (Å²) in [5.74, 6) is 5.25. The molecule has 0 bridgehead atoms. The molecule has 0 atom stereocenters. The van der Waals surface area contributed by atoms with Crippen molar-refractivity contribution in [1.82, 2.24) is 24.9 Å². The second-order valence-corrected chi connectivity index (χ2v) is 4.90. The largest absolute Gasteiger partial charge is 0.298 e. The third-order valence-corrected chi connectivity index (χ3v) is 3.05. The predicted molar refractivity (Wildman–Crippen MR) is 66.1 cm³/mol. The van der Waals surface area contributed by atoms with Gasteiger partial charge in [0.15, 0.2) is 0 Å². The average Bonchev–Trinajstić information content (AvgIpc) is 2.88. The zero-order chi connectivity index (χ0) is 12.3. The molecule has 3 N–H and O–H groups in total. The van der Waals surface area contributed by atoms with E-state index in [0.29, 0.717) is 5.13 Å². The Morgan fingerprint density at radius 1 is 1.47 bits per heavy atom. The summed E-state index contributed by atoms with van der Waals surface area (Å²) in [6.45, 7) is 1.58. The number of nitrogens with one attached hydrogen (secondary N) is 1. The van der Waals surface area contributed by atoms with Crippen LogP contribution in [-0.2, 0) is 20.1 Å². The van der Waals surface area contributed by atoms with Gasteiger partial charge in [-0.3, -0.25) is 15.0 Å². The molecule has 0 unspecified atom stereocenters. The molecule has 2 heterocycles. The molecule has 8 heteroatoms. The fourth-order valence-corrected chi connectivity index (χ4v) is 2.26. The molecule has 92 valence electrons. The molecule has 2 aromatic heterocycles. The van der Waals surface area contributed by atoms with Crippen LogP contribution >= 0.6 is 11.3 Å². The average molecular weight is 253 g/mol. The van der Waals surface area contributed by atoms with E-state index >= 15 is 0 Å². The fourth-order valence-electron chi connectivity index (χ4n) is 1.53. The van der Waals surface area contributed by atoms with Crippen LogP contribution in [0.2, 0.25) is 0 Å². The maximum atomic E-state index is 5.25. The van der Waals surface area contributed by atoms with Crippen LogP contribution in [0, 0.1) is 0 Å². The minimum Gasteiger partial charge on any atom is -0.298 e. The van der Waals surface area contributed by atoms with Gasteiger partial charge in [0.25, 0.3) is 0 Å². The van der Waals surface area contributed by atoms with E-state index in [2.05, 4.69) is 25.6 Å². The molecule has 0 aliphatic carbocycles. The number of hydrogen-bond acceptors (Lipinski definition) is 7. The molecule has 2 aromatic rings. The predicted octanol–water partition coefficient (Wildman–Crippen LogP) is 0.189. The Hall–Kier alpha value is -1.51. The zero-order valence-electron chi connectivity index (χ0n) is 9.79. The summed E-state index contributed by atoms with van der Waals surface area (Å²) in [6, 6.07) is 0. The van der Waals surface area contributed by atoms with E-state index in [0.717, 1.165) is 18.1 Å². The first kappa shape index (κ1) is 12.0. The Kier molecular flexibility index (Phi) is 3.67. The van der Waals surface area contributed by atoms with Crippen LogP contribution in [0.1, 0.15) is 10.6 Å². The zero-order valence-corrected chi connectivity index (χ0v) is 10.6. The molecule has 0 aliphatic rings. The molecule has 0 spiro atoms. The Morgan fingerprint density at radius 2 is 2.29 bits per heavy atom. The minimum atomic E-state index is 0.634. The van der Waals surface area contributed by atoms with Crippen molar-refractivity contribution in [3.05, 3.63) is 23.0 Å². The van der Waals surface area contributed by atoms with Crippen LogP contribution in [-0.4, -0.2) is 31.9 Å². The molecule has 17 heavy (non-hydrogen) atoms. The number of aromatic nitrogens is 4. The van der Waals surface area contributed by atoms with Gasteiger partial charge in [-0.15, -0.1) is 10.2 Å². The van der Waals surface area contributed by atoms with E-state index in [9.17, 15) is 0 Å². The number of rotatable bonds is 5. The first-order chi connectivity index (χ1) is 8.17. The summed E-state index contributed by atoms with van der Waals surface area (Å²) in [5.41, 5.74) is 3.66. The van der Waals surface area contributed by atoms with Crippen molar-refractivity contribution in [3.8, 4) is 0 Å². The van der Waals surface area contributed by atoms with E-state index in [4.69, 9.17) is 5.84 Å². The van der Waals surface area contributed by atoms with Gasteiger partial charge in [-0.2, -0.15) is 5.10 Å². The van der Waals surface area contributed by atoms with Crippen molar-refractivity contribution in [2.45, 2.75) is 13.1 Å². The van der Waals surface area contributed by atoms with Crippen molar-refractivity contribution in [2.75, 3.05) is 12.5 Å². The number of nitrogens with two attached hydrogens (primary N) is 1. The van der Waals surface area contributed by atoms with Gasteiger partial charge in [-0.1, -0.05) is 11.3 Å². The Morgan fingerprint density at radius 3 is 2.88 bits per heavy atom. The maximum Gasteiger partial charge on any atom is 0.219 e. The smallest absolute Gasteiger partial charge is 0.219 e. The highest BCUT2D eigenvalue weighted by Gasteiger charge is 2.07. The lowest BCUT2D eigenvalue weighted by molar-refractivity contribution is 0.317. The minimum absolute atomic E-state index is 0.634. The molecule has 0 saturated heterocycles. The SMILES string of the molecule is CN(Cc1cnn(C)c1)Cc1nnc(NN)s1. The van der Waals surface area contributed by atoms with Crippen LogP contribution in [0.25, 0.3) is 0 Å². The molecule has 7 nitrogen and oxygen atoms in total. The number of anilines is 1. The number of hydrogen-bond donors (Lipinski definition) is 2. The van der Waals surface area contributed by atoms with E-state index in [1.165, 1.54) is 16.9 Å². The molecular weight excluding hydrogens is 238 g/mol. The van der Waals surface area contributed by atoms with E-state index in [-0.39, 0.29) is 0 Å². The first-order valence-corrected chi connectivity index (χ1v) is 5.94. The van der Waals surface area contributed by atoms with Crippen molar-refractivity contribution >= 4 is 16.5 Å². The highest BCUT2D eigenvalue weighted by molar-refractivity contribution is 7.15. The molecule has 0 amide bonds. The third kappa shape index (κ3) is 3.22. The summed E-state index contributed by atoms with van der Waals surface area (Å²) >= 11 is 1.46. The van der Waals surface area contributed by atoms with Gasteiger partial charge in [-0.25, -0.2) is 5.84 Å². The summed E-state index contributed by atoms with van der Waals surface area (Å²) in [6.07, 6.45) is 3.87. The van der Waals surface area contributed by atoms with Crippen molar-refractivity contribution in [1.29, 1.82) is 0 Å². The van der Waals surface area contributed by atoms with Gasteiger partial charge in [0.05, 0.1) is 12.7 Å². The molecule has 2 rings (SSSR count). The van der Waals surface area contributed by atoms with E-state index < -0.39 is 0 Å². The molecule has 0 radical (unpaired) electrons. The summed E-state index contributed by atoms with van der Waals surface area (Å²) in [4.78, 5) is 2.15. The van der Waals surface area contributed by atoms with Crippen LogP contribution in [0.5, 0.6) is 0 Å². The number of hydrazine groups is 1. The maximum absolute atomic E-state index is 5.25. The molecule has 0 aromatic carbocycles. The number of nitrogens with zero attached hydrogens (tertiary/aromatic N) is 5. The fraction of sp³-hybridized carbons (Fsp3) is 0.444. The number of nitrogen functional groups attached to an aromatic ring is 1. The Labute approximate surface area is 103 Å². The monoisotopic (exact) mass is 253 g/mol. The van der Waals surface area contributed by atoms with Crippen LogP contribution in [0.15, 0.2) is 12.4 Å². The Balaban J connectivity index is 1.90. The van der Waals surface area contributed by atoms with Gasteiger partial charge in [0.1, 0.15) is 5.01 Å². The number of aryl methyl sites for hydroxylation is 1. The van der Waals surface area contributed by atoms with Crippen LogP contribution < -0.4 is 11.3 Å². The molecule has 0 aliphatic heterocycles. The highest BCUT2D eigenvalue weighted by atomic mass is 32.1. The van der Waals surface area contributed by atoms with Gasteiger partial charge in [0, 0.05) is 25.4 Å². The van der Waals surface area contributed by atoms with Gasteiger partial charge < -0.3 is 0 Å². The van der Waals surface area contributed by atoms with E-state index in [1.807, 2.05) is 26.5 Å². The van der Waals surface area contributed by atoms with Crippen molar-refractivity contribution in [3.63, 3.8) is 0 Å². The lowest BCUT2D eigenvalue weighted by atomic mass is 10.3.